The molecule has 0 aliphatic heterocycles. The number of ether oxygens (including phenoxy) is 2. The highest BCUT2D eigenvalue weighted by Gasteiger charge is 2.15. The first-order chi connectivity index (χ1) is 11.5. The molecule has 2 rings (SSSR count). The van der Waals surface area contributed by atoms with Gasteiger partial charge in [-0.1, -0.05) is 30.7 Å². The van der Waals surface area contributed by atoms with Crippen LogP contribution < -0.4 is 14.8 Å². The molecule has 0 aromatic heterocycles. The minimum Gasteiger partial charge on any atom is -0.497 e. The molecule has 24 heavy (non-hydrogen) atoms. The molecule has 0 bridgehead atoms. The van der Waals surface area contributed by atoms with Crippen molar-refractivity contribution in [3.63, 3.8) is 0 Å². The fourth-order valence-electron chi connectivity index (χ4n) is 2.67. The molecule has 0 fully saturated rings. The van der Waals surface area contributed by atoms with Crippen LogP contribution in [0, 0.1) is 13.8 Å². The Morgan fingerprint density at radius 1 is 1.08 bits per heavy atom. The summed E-state index contributed by atoms with van der Waals surface area (Å²) in [5.41, 5.74) is 3.57. The van der Waals surface area contributed by atoms with Crippen molar-refractivity contribution < 1.29 is 14.3 Å². The van der Waals surface area contributed by atoms with Crippen LogP contribution in [0.2, 0.25) is 0 Å². The molecular weight excluding hydrogens is 302 g/mol. The molecule has 2 aromatic rings. The predicted octanol–water partition coefficient (Wildman–Crippen LogP) is 3.96. The summed E-state index contributed by atoms with van der Waals surface area (Å²) in [7, 11) is 1.61. The SMILES string of the molecule is CC[C@@H](NC(=O)COc1ccc(OC)cc1)c1ccc(C)cc1C. The molecule has 4 nitrogen and oxygen atoms in total. The molecular formula is C20H25NO3. The Labute approximate surface area is 143 Å². The van der Waals surface area contributed by atoms with Crippen molar-refractivity contribution in [3.8, 4) is 11.5 Å². The third kappa shape index (κ3) is 4.75. The lowest BCUT2D eigenvalue weighted by atomic mass is 9.97. The second-order valence-corrected chi connectivity index (χ2v) is 5.85. The van der Waals surface area contributed by atoms with Gasteiger partial charge in [0.05, 0.1) is 13.2 Å². The average Bonchev–Trinajstić information content (AvgIpc) is 2.59. The van der Waals surface area contributed by atoms with E-state index in [4.69, 9.17) is 9.47 Å². The maximum absolute atomic E-state index is 12.2. The van der Waals surface area contributed by atoms with Crippen LogP contribution >= 0.6 is 0 Å². The fraction of sp³-hybridized carbons (Fsp3) is 0.350. The zero-order valence-corrected chi connectivity index (χ0v) is 14.8. The number of carbonyl (C=O) groups excluding carboxylic acids is 1. The summed E-state index contributed by atoms with van der Waals surface area (Å²) in [6, 6.07) is 13.5. The Balaban J connectivity index is 1.93. The van der Waals surface area contributed by atoms with E-state index < -0.39 is 0 Å². The molecule has 0 unspecified atom stereocenters. The van der Waals surface area contributed by atoms with E-state index in [1.807, 2.05) is 0 Å². The van der Waals surface area contributed by atoms with Crippen molar-refractivity contribution in [2.45, 2.75) is 33.2 Å². The number of benzene rings is 2. The second-order valence-electron chi connectivity index (χ2n) is 5.85. The summed E-state index contributed by atoms with van der Waals surface area (Å²) >= 11 is 0. The monoisotopic (exact) mass is 327 g/mol. The van der Waals surface area contributed by atoms with Gasteiger partial charge in [-0.15, -0.1) is 0 Å². The average molecular weight is 327 g/mol. The number of aryl methyl sites for hydroxylation is 2. The molecule has 0 spiro atoms. The van der Waals surface area contributed by atoms with Crippen LogP contribution in [0.5, 0.6) is 11.5 Å². The lowest BCUT2D eigenvalue weighted by molar-refractivity contribution is -0.123. The first-order valence-corrected chi connectivity index (χ1v) is 8.16. The minimum atomic E-state index is -0.127. The Morgan fingerprint density at radius 3 is 2.33 bits per heavy atom. The quantitative estimate of drug-likeness (QED) is 0.837. The van der Waals surface area contributed by atoms with Gasteiger partial charge in [0.1, 0.15) is 11.5 Å². The molecule has 0 heterocycles. The van der Waals surface area contributed by atoms with E-state index in [-0.39, 0.29) is 18.6 Å². The van der Waals surface area contributed by atoms with Crippen molar-refractivity contribution in [2.24, 2.45) is 0 Å². The van der Waals surface area contributed by atoms with Gasteiger partial charge in [-0.25, -0.2) is 0 Å². The highest BCUT2D eigenvalue weighted by atomic mass is 16.5. The number of rotatable bonds is 7. The van der Waals surface area contributed by atoms with Crippen LogP contribution in [0.25, 0.3) is 0 Å². The Bertz CT molecular complexity index is 680. The smallest absolute Gasteiger partial charge is 0.258 e. The number of methoxy groups -OCH3 is 1. The molecule has 1 atom stereocenters. The maximum atomic E-state index is 12.2. The topological polar surface area (TPSA) is 47.6 Å². The van der Waals surface area contributed by atoms with E-state index in [1.54, 1.807) is 31.4 Å². The zero-order chi connectivity index (χ0) is 17.5. The van der Waals surface area contributed by atoms with Crippen LogP contribution in [0.3, 0.4) is 0 Å². The number of hydrogen-bond acceptors (Lipinski definition) is 3. The van der Waals surface area contributed by atoms with Gasteiger partial charge in [-0.05, 0) is 55.7 Å². The van der Waals surface area contributed by atoms with Gasteiger partial charge in [0.15, 0.2) is 6.61 Å². The van der Waals surface area contributed by atoms with E-state index in [2.05, 4.69) is 44.3 Å². The summed E-state index contributed by atoms with van der Waals surface area (Å²) in [5, 5.41) is 3.05. The molecule has 1 N–H and O–H groups in total. The lowest BCUT2D eigenvalue weighted by Gasteiger charge is -2.20. The van der Waals surface area contributed by atoms with Gasteiger partial charge in [-0.3, -0.25) is 4.79 Å². The summed E-state index contributed by atoms with van der Waals surface area (Å²) < 4.78 is 10.6. The van der Waals surface area contributed by atoms with Gasteiger partial charge in [0, 0.05) is 0 Å². The largest absolute Gasteiger partial charge is 0.497 e. The second kappa shape index (κ2) is 8.39. The van der Waals surface area contributed by atoms with E-state index in [0.29, 0.717) is 5.75 Å². The van der Waals surface area contributed by atoms with Crippen molar-refractivity contribution in [3.05, 3.63) is 59.2 Å². The molecule has 1 amide bonds. The summed E-state index contributed by atoms with van der Waals surface area (Å²) in [5.74, 6) is 1.27. The zero-order valence-electron chi connectivity index (χ0n) is 14.8. The first kappa shape index (κ1) is 17.9. The number of amides is 1. The highest BCUT2D eigenvalue weighted by Crippen LogP contribution is 2.22. The highest BCUT2D eigenvalue weighted by molar-refractivity contribution is 5.78. The number of nitrogens with one attached hydrogen (secondary N) is 1. The molecule has 0 aliphatic rings. The van der Waals surface area contributed by atoms with Crippen LogP contribution in [0.15, 0.2) is 42.5 Å². The standard InChI is InChI=1S/C20H25NO3/c1-5-19(18-11-6-14(2)12-15(18)3)21-20(22)13-24-17-9-7-16(23-4)8-10-17/h6-12,19H,5,13H2,1-4H3,(H,21,22)/t19-/m1/s1. The maximum Gasteiger partial charge on any atom is 0.258 e. The van der Waals surface area contributed by atoms with Crippen LogP contribution in [0.1, 0.15) is 36.1 Å². The Morgan fingerprint density at radius 2 is 1.75 bits per heavy atom. The van der Waals surface area contributed by atoms with E-state index in [1.165, 1.54) is 11.1 Å². The first-order valence-electron chi connectivity index (χ1n) is 8.16. The predicted molar refractivity (Wildman–Crippen MR) is 95.6 cm³/mol. The summed E-state index contributed by atoms with van der Waals surface area (Å²) in [4.78, 5) is 12.2. The number of hydrogen-bond donors (Lipinski definition) is 1. The lowest BCUT2D eigenvalue weighted by Crippen LogP contribution is -2.32. The normalized spacial score (nSPS) is 11.7. The van der Waals surface area contributed by atoms with Crippen molar-refractivity contribution in [2.75, 3.05) is 13.7 Å². The molecule has 0 saturated heterocycles. The van der Waals surface area contributed by atoms with Gasteiger partial charge < -0.3 is 14.8 Å². The van der Waals surface area contributed by atoms with Crippen molar-refractivity contribution in [1.82, 2.24) is 5.32 Å². The van der Waals surface area contributed by atoms with Gasteiger partial charge in [0.25, 0.3) is 5.91 Å². The number of carbonyl (C=O) groups is 1. The van der Waals surface area contributed by atoms with Crippen LogP contribution in [-0.4, -0.2) is 19.6 Å². The van der Waals surface area contributed by atoms with Crippen molar-refractivity contribution in [1.29, 1.82) is 0 Å². The van der Waals surface area contributed by atoms with Gasteiger partial charge in [-0.2, -0.15) is 0 Å². The Kier molecular flexibility index (Phi) is 6.24. The molecule has 0 saturated carbocycles. The summed E-state index contributed by atoms with van der Waals surface area (Å²) in [6.07, 6.45) is 0.832. The third-order valence-corrected chi connectivity index (χ3v) is 3.97. The fourth-order valence-corrected chi connectivity index (χ4v) is 2.67. The van der Waals surface area contributed by atoms with Crippen molar-refractivity contribution >= 4 is 5.91 Å². The minimum absolute atomic E-state index is 0.00225. The van der Waals surface area contributed by atoms with Crippen LogP contribution in [-0.2, 0) is 4.79 Å². The third-order valence-electron chi connectivity index (χ3n) is 3.97. The van der Waals surface area contributed by atoms with Gasteiger partial charge in [0.2, 0.25) is 0 Å². The molecule has 0 radical (unpaired) electrons. The van der Waals surface area contributed by atoms with Gasteiger partial charge >= 0.3 is 0 Å². The van der Waals surface area contributed by atoms with E-state index >= 15 is 0 Å². The molecule has 128 valence electrons. The molecule has 2 aromatic carbocycles. The molecule has 4 heteroatoms. The van der Waals surface area contributed by atoms with E-state index in [0.717, 1.165) is 17.7 Å². The summed E-state index contributed by atoms with van der Waals surface area (Å²) in [6.45, 7) is 6.20. The Hall–Kier alpha value is -2.49. The molecule has 0 aliphatic carbocycles. The van der Waals surface area contributed by atoms with Crippen LogP contribution in [0.4, 0.5) is 0 Å². The van der Waals surface area contributed by atoms with E-state index in [9.17, 15) is 4.79 Å².